The normalized spacial score (nSPS) is 10.9. The molecule has 96 valence electrons. The highest BCUT2D eigenvalue weighted by molar-refractivity contribution is 5.94. The Morgan fingerprint density at radius 1 is 1.28 bits per heavy atom. The minimum absolute atomic E-state index is 0.0400. The van der Waals surface area contributed by atoms with Gasteiger partial charge in [0.25, 0.3) is 0 Å². The number of hydrogen-bond acceptors (Lipinski definition) is 4. The van der Waals surface area contributed by atoms with E-state index in [1.807, 2.05) is 12.1 Å². The lowest BCUT2D eigenvalue weighted by Gasteiger charge is -2.08. The first-order valence-electron chi connectivity index (χ1n) is 5.67. The summed E-state index contributed by atoms with van der Waals surface area (Å²) in [5, 5.41) is 2.99. The molecule has 0 aliphatic carbocycles. The molecule has 0 heterocycles. The number of Topliss-reactive ketones (excluding diaryl/α,β-unsaturated/α-hetero) is 1. The Labute approximate surface area is 107 Å². The third-order valence-electron chi connectivity index (χ3n) is 2.54. The van der Waals surface area contributed by atoms with Gasteiger partial charge in [-0.25, -0.2) is 4.79 Å². The molecule has 0 aliphatic rings. The van der Waals surface area contributed by atoms with Gasteiger partial charge in [-0.2, -0.15) is 0 Å². The molecule has 0 bridgehead atoms. The van der Waals surface area contributed by atoms with Crippen molar-refractivity contribution in [2.45, 2.75) is 20.4 Å². The van der Waals surface area contributed by atoms with Crippen LogP contribution in [0.5, 0.6) is 0 Å². The molecule has 4 heteroatoms. The molecule has 0 unspecified atom stereocenters. The predicted octanol–water partition coefficient (Wildman–Crippen LogP) is 2.06. The van der Waals surface area contributed by atoms with Gasteiger partial charge < -0.3 is 10.1 Å². The molecular weight excluding hydrogens is 230 g/mol. The van der Waals surface area contributed by atoms with E-state index in [4.69, 9.17) is 0 Å². The molecule has 0 fully saturated rings. The van der Waals surface area contributed by atoms with Crippen molar-refractivity contribution in [1.82, 2.24) is 5.32 Å². The molecule has 0 aliphatic heterocycles. The molecule has 0 amide bonds. The van der Waals surface area contributed by atoms with Gasteiger partial charge in [0.05, 0.1) is 7.11 Å². The zero-order valence-corrected chi connectivity index (χ0v) is 10.8. The summed E-state index contributed by atoms with van der Waals surface area (Å²) in [6.07, 6.45) is 1.66. The Bertz CT molecular complexity index is 460. The first kappa shape index (κ1) is 14.0. The summed E-state index contributed by atoms with van der Waals surface area (Å²) in [5.41, 5.74) is 2.09. The number of rotatable bonds is 5. The number of benzene rings is 1. The van der Waals surface area contributed by atoms with Crippen LogP contribution < -0.4 is 5.32 Å². The second-order valence-electron chi connectivity index (χ2n) is 3.80. The molecule has 0 atom stereocenters. The quantitative estimate of drug-likeness (QED) is 0.491. The highest BCUT2D eigenvalue weighted by Crippen LogP contribution is 2.06. The van der Waals surface area contributed by atoms with Crippen LogP contribution in [0, 0.1) is 0 Å². The molecule has 0 radical (unpaired) electrons. The maximum atomic E-state index is 11.3. The topological polar surface area (TPSA) is 55.4 Å². The number of hydrogen-bond donors (Lipinski definition) is 1. The van der Waals surface area contributed by atoms with Crippen LogP contribution in [0.1, 0.15) is 29.8 Å². The van der Waals surface area contributed by atoms with E-state index in [9.17, 15) is 9.59 Å². The Hall–Kier alpha value is -2.10. The number of esters is 1. The van der Waals surface area contributed by atoms with Crippen LogP contribution in [0.4, 0.5) is 0 Å². The number of methoxy groups -OCH3 is 1. The maximum Gasteiger partial charge on any atom is 0.353 e. The van der Waals surface area contributed by atoms with Crippen molar-refractivity contribution in [3.8, 4) is 0 Å². The average Bonchev–Trinajstić information content (AvgIpc) is 2.39. The van der Waals surface area contributed by atoms with Crippen LogP contribution in [-0.2, 0) is 16.1 Å². The van der Waals surface area contributed by atoms with E-state index in [1.165, 1.54) is 14.0 Å². The van der Waals surface area contributed by atoms with E-state index < -0.39 is 5.97 Å². The fraction of sp³-hybridized carbons (Fsp3) is 0.286. The Kier molecular flexibility index (Phi) is 5.11. The van der Waals surface area contributed by atoms with Crippen molar-refractivity contribution in [2.75, 3.05) is 7.11 Å². The van der Waals surface area contributed by atoms with Crippen molar-refractivity contribution in [3.05, 3.63) is 47.2 Å². The lowest BCUT2D eigenvalue weighted by Crippen LogP contribution is -2.21. The van der Waals surface area contributed by atoms with Gasteiger partial charge in [0, 0.05) is 12.1 Å². The van der Waals surface area contributed by atoms with E-state index >= 15 is 0 Å². The van der Waals surface area contributed by atoms with E-state index in [0.29, 0.717) is 17.8 Å². The summed E-state index contributed by atoms with van der Waals surface area (Å²) in [6.45, 7) is 3.80. The van der Waals surface area contributed by atoms with Gasteiger partial charge in [-0.1, -0.05) is 30.3 Å². The van der Waals surface area contributed by atoms with Gasteiger partial charge >= 0.3 is 5.97 Å². The summed E-state index contributed by atoms with van der Waals surface area (Å²) in [5.74, 6) is -0.351. The molecule has 4 nitrogen and oxygen atoms in total. The maximum absolute atomic E-state index is 11.3. The standard InChI is InChI=1S/C14H17NO3/c1-4-13(14(17)18-3)15-9-11-5-7-12(8-6-11)10(2)16/h4-8,15H,9H2,1-3H3/b13-4-. The lowest BCUT2D eigenvalue weighted by atomic mass is 10.1. The van der Waals surface area contributed by atoms with Crippen LogP contribution in [-0.4, -0.2) is 18.9 Å². The Balaban J connectivity index is 2.63. The highest BCUT2D eigenvalue weighted by Gasteiger charge is 2.07. The van der Waals surface area contributed by atoms with Crippen molar-refractivity contribution >= 4 is 11.8 Å². The smallest absolute Gasteiger partial charge is 0.353 e. The third-order valence-corrected chi connectivity index (χ3v) is 2.54. The fourth-order valence-corrected chi connectivity index (χ4v) is 1.46. The largest absolute Gasteiger partial charge is 0.464 e. The van der Waals surface area contributed by atoms with E-state index in [0.717, 1.165) is 5.56 Å². The van der Waals surface area contributed by atoms with Crippen LogP contribution in [0.15, 0.2) is 36.0 Å². The van der Waals surface area contributed by atoms with Crippen molar-refractivity contribution in [1.29, 1.82) is 0 Å². The predicted molar refractivity (Wildman–Crippen MR) is 69.1 cm³/mol. The van der Waals surface area contributed by atoms with Gasteiger partial charge in [-0.15, -0.1) is 0 Å². The average molecular weight is 247 g/mol. The van der Waals surface area contributed by atoms with E-state index in [1.54, 1.807) is 25.1 Å². The van der Waals surface area contributed by atoms with Gasteiger partial charge in [0.2, 0.25) is 0 Å². The number of ether oxygens (including phenoxy) is 1. The van der Waals surface area contributed by atoms with Gasteiger partial charge in [-0.3, -0.25) is 4.79 Å². The highest BCUT2D eigenvalue weighted by atomic mass is 16.5. The van der Waals surface area contributed by atoms with Crippen molar-refractivity contribution < 1.29 is 14.3 Å². The van der Waals surface area contributed by atoms with Crippen LogP contribution in [0.25, 0.3) is 0 Å². The summed E-state index contributed by atoms with van der Waals surface area (Å²) >= 11 is 0. The van der Waals surface area contributed by atoms with Crippen molar-refractivity contribution in [2.24, 2.45) is 0 Å². The molecule has 1 N–H and O–H groups in total. The first-order valence-corrected chi connectivity index (χ1v) is 5.67. The summed E-state index contributed by atoms with van der Waals surface area (Å²) in [7, 11) is 1.34. The SMILES string of the molecule is C/C=C(\NCc1ccc(C(C)=O)cc1)C(=O)OC. The molecule has 1 aromatic carbocycles. The summed E-state index contributed by atoms with van der Waals surface area (Å²) in [6, 6.07) is 7.25. The zero-order valence-electron chi connectivity index (χ0n) is 10.8. The lowest BCUT2D eigenvalue weighted by molar-refractivity contribution is -0.136. The molecule has 18 heavy (non-hydrogen) atoms. The number of allylic oxidation sites excluding steroid dienone is 1. The molecule has 0 spiro atoms. The molecule has 0 saturated heterocycles. The van der Waals surface area contributed by atoms with E-state index in [2.05, 4.69) is 10.1 Å². The molecule has 1 aromatic rings. The Morgan fingerprint density at radius 2 is 1.89 bits per heavy atom. The van der Waals surface area contributed by atoms with Gasteiger partial charge in [0.1, 0.15) is 5.70 Å². The number of carbonyl (C=O) groups is 2. The van der Waals surface area contributed by atoms with Crippen LogP contribution >= 0.6 is 0 Å². The molecular formula is C14H17NO3. The fourth-order valence-electron chi connectivity index (χ4n) is 1.46. The van der Waals surface area contributed by atoms with Crippen molar-refractivity contribution in [3.63, 3.8) is 0 Å². The molecule has 0 saturated carbocycles. The second-order valence-corrected chi connectivity index (χ2v) is 3.80. The molecule has 0 aromatic heterocycles. The van der Waals surface area contributed by atoms with E-state index in [-0.39, 0.29) is 5.78 Å². The van der Waals surface area contributed by atoms with Gasteiger partial charge in [0.15, 0.2) is 5.78 Å². The second kappa shape index (κ2) is 6.59. The van der Waals surface area contributed by atoms with Crippen LogP contribution in [0.3, 0.4) is 0 Å². The first-order chi connectivity index (χ1) is 8.58. The zero-order chi connectivity index (χ0) is 13.5. The summed E-state index contributed by atoms with van der Waals surface area (Å²) in [4.78, 5) is 22.4. The van der Waals surface area contributed by atoms with Gasteiger partial charge in [-0.05, 0) is 19.4 Å². The number of carbonyl (C=O) groups excluding carboxylic acids is 2. The monoisotopic (exact) mass is 247 g/mol. The number of nitrogens with one attached hydrogen (secondary N) is 1. The number of ketones is 1. The summed E-state index contributed by atoms with van der Waals surface area (Å²) < 4.78 is 4.63. The third kappa shape index (κ3) is 3.73. The molecule has 1 rings (SSSR count). The minimum atomic E-state index is -0.391. The minimum Gasteiger partial charge on any atom is -0.464 e. The van der Waals surface area contributed by atoms with Crippen LogP contribution in [0.2, 0.25) is 0 Å². The Morgan fingerprint density at radius 3 is 2.33 bits per heavy atom.